The molecule has 0 bridgehead atoms. The van der Waals surface area contributed by atoms with Crippen LogP contribution in [0.15, 0.2) is 18.2 Å². The fraction of sp³-hybridized carbons (Fsp3) is 0.500. The van der Waals surface area contributed by atoms with E-state index in [2.05, 4.69) is 0 Å². The van der Waals surface area contributed by atoms with Crippen LogP contribution in [0.25, 0.3) is 0 Å². The number of rotatable bonds is 4. The molecular weight excluding hydrogens is 215 g/mol. The zero-order valence-electron chi connectivity index (χ0n) is 8.85. The van der Waals surface area contributed by atoms with Gasteiger partial charge in [0.15, 0.2) is 0 Å². The number of hydrogen-bond acceptors (Lipinski definition) is 1. The third-order valence-corrected chi connectivity index (χ3v) is 3.11. The molecule has 0 aliphatic heterocycles. The van der Waals surface area contributed by atoms with E-state index in [0.717, 1.165) is 25.0 Å². The molecule has 1 aliphatic rings. The highest BCUT2D eigenvalue weighted by Gasteiger charge is 2.37. The number of halogens is 3. The van der Waals surface area contributed by atoms with E-state index in [9.17, 15) is 13.2 Å². The molecule has 0 saturated heterocycles. The highest BCUT2D eigenvalue weighted by atomic mass is 19.3. The third-order valence-electron chi connectivity index (χ3n) is 3.11. The average Bonchev–Trinajstić information content (AvgIpc) is 2.95. The van der Waals surface area contributed by atoms with E-state index in [-0.39, 0.29) is 11.1 Å². The molecule has 0 heterocycles. The normalized spacial score (nSPS) is 17.8. The van der Waals surface area contributed by atoms with Gasteiger partial charge >= 0.3 is 0 Å². The highest BCUT2D eigenvalue weighted by molar-refractivity contribution is 5.26. The lowest BCUT2D eigenvalue weighted by molar-refractivity contribution is 0.151. The minimum absolute atomic E-state index is 0.127. The standard InChI is InChI=1S/C12H14F3N/c13-10-2-1-9(11(14)15)7-8(10)3-4-12(16)5-6-12/h1-2,7,11H,3-6,16H2. The summed E-state index contributed by atoms with van der Waals surface area (Å²) in [4.78, 5) is 0. The molecule has 88 valence electrons. The van der Waals surface area contributed by atoms with Crippen molar-refractivity contribution in [1.29, 1.82) is 0 Å². The van der Waals surface area contributed by atoms with Crippen molar-refractivity contribution in [2.75, 3.05) is 0 Å². The summed E-state index contributed by atoms with van der Waals surface area (Å²) in [6.07, 6.45) is 0.443. The number of aryl methyl sites for hydroxylation is 1. The number of nitrogens with two attached hydrogens (primary N) is 1. The van der Waals surface area contributed by atoms with Crippen molar-refractivity contribution in [3.8, 4) is 0 Å². The van der Waals surface area contributed by atoms with Gasteiger partial charge in [0.05, 0.1) is 0 Å². The zero-order valence-corrected chi connectivity index (χ0v) is 8.85. The topological polar surface area (TPSA) is 26.0 Å². The summed E-state index contributed by atoms with van der Waals surface area (Å²) in [6.45, 7) is 0. The maximum atomic E-state index is 13.3. The van der Waals surface area contributed by atoms with Crippen molar-refractivity contribution in [2.45, 2.75) is 37.6 Å². The van der Waals surface area contributed by atoms with Gasteiger partial charge in [0, 0.05) is 11.1 Å². The van der Waals surface area contributed by atoms with Crippen LogP contribution in [0.2, 0.25) is 0 Å². The summed E-state index contributed by atoms with van der Waals surface area (Å²) in [5.41, 5.74) is 5.91. The number of alkyl halides is 2. The fourth-order valence-corrected chi connectivity index (χ4v) is 1.72. The molecule has 0 amide bonds. The van der Waals surface area contributed by atoms with Crippen LogP contribution in [-0.2, 0) is 6.42 Å². The van der Waals surface area contributed by atoms with Gasteiger partial charge in [-0.25, -0.2) is 13.2 Å². The second-order valence-corrected chi connectivity index (χ2v) is 4.51. The zero-order chi connectivity index (χ0) is 11.8. The molecule has 0 spiro atoms. The van der Waals surface area contributed by atoms with Crippen LogP contribution in [-0.4, -0.2) is 5.54 Å². The molecule has 0 atom stereocenters. The summed E-state index contributed by atoms with van der Waals surface area (Å²) in [5, 5.41) is 0. The molecule has 1 fully saturated rings. The molecule has 16 heavy (non-hydrogen) atoms. The van der Waals surface area contributed by atoms with Gasteiger partial charge in [-0.1, -0.05) is 6.07 Å². The Kier molecular flexibility index (Phi) is 2.93. The molecule has 2 rings (SSSR count). The van der Waals surface area contributed by atoms with E-state index < -0.39 is 12.2 Å². The minimum Gasteiger partial charge on any atom is -0.325 e. The first-order valence-electron chi connectivity index (χ1n) is 5.36. The molecule has 4 heteroatoms. The highest BCUT2D eigenvalue weighted by Crippen LogP contribution is 2.37. The maximum Gasteiger partial charge on any atom is 0.263 e. The van der Waals surface area contributed by atoms with Gasteiger partial charge in [0.1, 0.15) is 5.82 Å². The summed E-state index contributed by atoms with van der Waals surface area (Å²) >= 11 is 0. The van der Waals surface area contributed by atoms with Gasteiger partial charge < -0.3 is 5.73 Å². The second kappa shape index (κ2) is 4.09. The summed E-state index contributed by atoms with van der Waals surface area (Å²) in [7, 11) is 0. The van der Waals surface area contributed by atoms with Crippen LogP contribution in [0.5, 0.6) is 0 Å². The van der Waals surface area contributed by atoms with Gasteiger partial charge in [-0.15, -0.1) is 0 Å². The average molecular weight is 229 g/mol. The summed E-state index contributed by atoms with van der Waals surface area (Å²) in [6, 6.07) is 3.47. The van der Waals surface area contributed by atoms with E-state index in [1.165, 1.54) is 6.07 Å². The van der Waals surface area contributed by atoms with Gasteiger partial charge in [0.25, 0.3) is 6.43 Å². The first-order valence-corrected chi connectivity index (χ1v) is 5.36. The van der Waals surface area contributed by atoms with Gasteiger partial charge in [-0.05, 0) is 43.4 Å². The Bertz CT molecular complexity index is 386. The second-order valence-electron chi connectivity index (χ2n) is 4.51. The van der Waals surface area contributed by atoms with Crippen LogP contribution < -0.4 is 5.73 Å². The van der Waals surface area contributed by atoms with Gasteiger partial charge in [-0.2, -0.15) is 0 Å². The van der Waals surface area contributed by atoms with Crippen LogP contribution in [0.1, 0.15) is 36.8 Å². The van der Waals surface area contributed by atoms with E-state index in [1.54, 1.807) is 0 Å². The lowest BCUT2D eigenvalue weighted by atomic mass is 10.0. The van der Waals surface area contributed by atoms with Crippen LogP contribution in [0.4, 0.5) is 13.2 Å². The third kappa shape index (κ3) is 2.55. The molecule has 1 aromatic rings. The van der Waals surface area contributed by atoms with Crippen molar-refractivity contribution in [1.82, 2.24) is 0 Å². The molecule has 0 aromatic heterocycles. The lowest BCUT2D eigenvalue weighted by Crippen LogP contribution is -2.22. The summed E-state index contributed by atoms with van der Waals surface area (Å²) < 4.78 is 38.2. The Morgan fingerprint density at radius 2 is 2.00 bits per heavy atom. The summed E-state index contributed by atoms with van der Waals surface area (Å²) in [5.74, 6) is -0.423. The fourth-order valence-electron chi connectivity index (χ4n) is 1.72. The number of hydrogen-bond donors (Lipinski definition) is 1. The van der Waals surface area contributed by atoms with Gasteiger partial charge in [0.2, 0.25) is 0 Å². The quantitative estimate of drug-likeness (QED) is 0.843. The molecule has 1 nitrogen and oxygen atoms in total. The van der Waals surface area contributed by atoms with E-state index in [4.69, 9.17) is 5.73 Å². The predicted molar refractivity (Wildman–Crippen MR) is 55.8 cm³/mol. The van der Waals surface area contributed by atoms with Crippen molar-refractivity contribution < 1.29 is 13.2 Å². The van der Waals surface area contributed by atoms with Crippen LogP contribution in [0.3, 0.4) is 0 Å². The Morgan fingerprint density at radius 3 is 2.56 bits per heavy atom. The number of benzene rings is 1. The Balaban J connectivity index is 2.09. The SMILES string of the molecule is NC1(CCc2cc(C(F)F)ccc2F)CC1. The Labute approximate surface area is 92.5 Å². The van der Waals surface area contributed by atoms with Crippen molar-refractivity contribution in [3.05, 3.63) is 35.1 Å². The van der Waals surface area contributed by atoms with E-state index in [1.807, 2.05) is 0 Å². The predicted octanol–water partition coefficient (Wildman–Crippen LogP) is 3.19. The Hall–Kier alpha value is -1.03. The van der Waals surface area contributed by atoms with Crippen molar-refractivity contribution in [2.24, 2.45) is 5.73 Å². The van der Waals surface area contributed by atoms with Crippen molar-refractivity contribution >= 4 is 0 Å². The Morgan fingerprint density at radius 1 is 1.31 bits per heavy atom. The van der Waals surface area contributed by atoms with Crippen molar-refractivity contribution in [3.63, 3.8) is 0 Å². The van der Waals surface area contributed by atoms with Crippen LogP contribution >= 0.6 is 0 Å². The smallest absolute Gasteiger partial charge is 0.263 e. The molecule has 0 radical (unpaired) electrons. The van der Waals surface area contributed by atoms with Crippen LogP contribution in [0, 0.1) is 5.82 Å². The first-order chi connectivity index (χ1) is 7.50. The molecular formula is C12H14F3N. The molecule has 2 N–H and O–H groups in total. The monoisotopic (exact) mass is 229 g/mol. The molecule has 1 saturated carbocycles. The van der Waals surface area contributed by atoms with E-state index >= 15 is 0 Å². The largest absolute Gasteiger partial charge is 0.325 e. The minimum atomic E-state index is -2.55. The molecule has 0 unspecified atom stereocenters. The first kappa shape index (κ1) is 11.5. The van der Waals surface area contributed by atoms with Gasteiger partial charge in [-0.3, -0.25) is 0 Å². The van der Waals surface area contributed by atoms with E-state index in [0.29, 0.717) is 18.4 Å². The molecule has 1 aromatic carbocycles. The maximum absolute atomic E-state index is 13.3. The molecule has 1 aliphatic carbocycles. The lowest BCUT2D eigenvalue weighted by Gasteiger charge is -2.10.